The molecule has 1 rings (SSSR count). The van der Waals surface area contributed by atoms with Crippen LogP contribution in [0.5, 0.6) is 0 Å². The largest absolute Gasteiger partial charge is 0.478 e. The first-order valence-electron chi connectivity index (χ1n) is 8.35. The van der Waals surface area contributed by atoms with Gasteiger partial charge in [0.2, 0.25) is 0 Å². The van der Waals surface area contributed by atoms with Crippen molar-refractivity contribution >= 4 is 24.0 Å². The predicted octanol–water partition coefficient (Wildman–Crippen LogP) is 4.20. The zero-order chi connectivity index (χ0) is 21.9. The lowest BCUT2D eigenvalue weighted by molar-refractivity contribution is -0.137. The van der Waals surface area contributed by atoms with Crippen molar-refractivity contribution < 1.29 is 29.0 Å². The Hall–Kier alpha value is -3.41. The van der Waals surface area contributed by atoms with Gasteiger partial charge in [0.15, 0.2) is 0 Å². The number of benzene rings is 1. The van der Waals surface area contributed by atoms with E-state index in [1.807, 2.05) is 36.4 Å². The Morgan fingerprint density at radius 3 is 2.04 bits per heavy atom. The van der Waals surface area contributed by atoms with Crippen molar-refractivity contribution in [1.82, 2.24) is 0 Å². The molecule has 0 fully saturated rings. The van der Waals surface area contributed by atoms with Gasteiger partial charge in [-0.1, -0.05) is 62.2 Å². The number of aliphatic carboxylic acids is 1. The SMILES string of the molecule is C=C(C)C(=O)OC.C=C(CC=Cc1ccccc1)C(=O)O.C=CC(=O)OCC. The fourth-order valence-electron chi connectivity index (χ4n) is 1.36. The molecule has 28 heavy (non-hydrogen) atoms. The summed E-state index contributed by atoms with van der Waals surface area (Å²) in [7, 11) is 1.33. The molecule has 0 radical (unpaired) electrons. The van der Waals surface area contributed by atoms with Crippen molar-refractivity contribution in [3.05, 3.63) is 78.9 Å². The van der Waals surface area contributed by atoms with E-state index in [0.29, 0.717) is 18.6 Å². The molecule has 0 spiro atoms. The van der Waals surface area contributed by atoms with Crippen molar-refractivity contribution in [2.45, 2.75) is 20.3 Å². The van der Waals surface area contributed by atoms with E-state index in [9.17, 15) is 14.4 Å². The standard InChI is InChI=1S/C12H12O2.2C5H8O2/c1-10(12(13)14)6-5-9-11-7-3-2-4-8-11;1-4(2)5(6)7-3;1-3-5(6)7-4-2/h2-5,7-9H,1,6H2,(H,13,14);1H2,2-3H3;3H,1,4H2,2H3. The fourth-order valence-corrected chi connectivity index (χ4v) is 1.36. The van der Waals surface area contributed by atoms with Gasteiger partial charge in [0, 0.05) is 17.2 Å². The molecule has 0 saturated heterocycles. The third-order valence-corrected chi connectivity index (χ3v) is 2.76. The molecule has 152 valence electrons. The number of carboxylic acid groups (broad SMARTS) is 1. The maximum Gasteiger partial charge on any atom is 0.332 e. The summed E-state index contributed by atoms with van der Waals surface area (Å²) in [5.74, 6) is -1.65. The van der Waals surface area contributed by atoms with Crippen molar-refractivity contribution in [2.75, 3.05) is 13.7 Å². The molecule has 0 amide bonds. The Labute approximate surface area is 166 Å². The van der Waals surface area contributed by atoms with E-state index in [-0.39, 0.29) is 17.5 Å². The molecule has 1 aromatic carbocycles. The lowest BCUT2D eigenvalue weighted by Gasteiger charge is -1.93. The summed E-state index contributed by atoms with van der Waals surface area (Å²) in [6.45, 7) is 13.8. The molecular weight excluding hydrogens is 360 g/mol. The first-order valence-corrected chi connectivity index (χ1v) is 8.35. The summed E-state index contributed by atoms with van der Waals surface area (Å²) in [6, 6.07) is 9.73. The number of hydrogen-bond donors (Lipinski definition) is 1. The van der Waals surface area contributed by atoms with Crippen LogP contribution in [-0.2, 0) is 23.9 Å². The molecule has 0 aliphatic rings. The number of carbonyl (C=O) groups is 3. The number of carbonyl (C=O) groups excluding carboxylic acids is 2. The maximum atomic E-state index is 10.4. The monoisotopic (exact) mass is 388 g/mol. The Morgan fingerprint density at radius 1 is 1.14 bits per heavy atom. The van der Waals surface area contributed by atoms with Crippen LogP contribution in [-0.4, -0.2) is 36.7 Å². The quantitative estimate of drug-likeness (QED) is 0.556. The van der Waals surface area contributed by atoms with Crippen LogP contribution in [0.25, 0.3) is 6.08 Å². The minimum atomic E-state index is -0.942. The highest BCUT2D eigenvalue weighted by Crippen LogP contribution is 2.05. The molecule has 0 heterocycles. The summed E-state index contributed by atoms with van der Waals surface area (Å²) in [5.41, 5.74) is 1.70. The van der Waals surface area contributed by atoms with Gasteiger partial charge in [0.25, 0.3) is 0 Å². The third-order valence-electron chi connectivity index (χ3n) is 2.76. The Kier molecular flexibility index (Phi) is 16.3. The third kappa shape index (κ3) is 16.1. The highest BCUT2D eigenvalue weighted by atomic mass is 16.5. The second-order valence-electron chi connectivity index (χ2n) is 5.15. The lowest BCUT2D eigenvalue weighted by atomic mass is 10.1. The molecule has 1 aromatic rings. The minimum absolute atomic E-state index is 0.206. The van der Waals surface area contributed by atoms with Crippen LogP contribution in [0, 0.1) is 0 Å². The van der Waals surface area contributed by atoms with Gasteiger partial charge in [-0.2, -0.15) is 0 Å². The smallest absolute Gasteiger partial charge is 0.332 e. The molecule has 6 heteroatoms. The van der Waals surface area contributed by atoms with Crippen LogP contribution in [0.3, 0.4) is 0 Å². The Balaban J connectivity index is 0. The van der Waals surface area contributed by atoms with E-state index >= 15 is 0 Å². The summed E-state index contributed by atoms with van der Waals surface area (Å²) < 4.78 is 8.71. The number of hydrogen-bond acceptors (Lipinski definition) is 5. The number of methoxy groups -OCH3 is 1. The van der Waals surface area contributed by atoms with Crippen molar-refractivity contribution in [2.24, 2.45) is 0 Å². The van der Waals surface area contributed by atoms with Gasteiger partial charge in [0.1, 0.15) is 0 Å². The van der Waals surface area contributed by atoms with Crippen molar-refractivity contribution in [3.63, 3.8) is 0 Å². The van der Waals surface area contributed by atoms with E-state index in [1.54, 1.807) is 19.9 Å². The van der Waals surface area contributed by atoms with Crippen LogP contribution < -0.4 is 0 Å². The van der Waals surface area contributed by atoms with Crippen LogP contribution in [0.1, 0.15) is 25.8 Å². The molecule has 0 aliphatic carbocycles. The highest BCUT2D eigenvalue weighted by Gasteiger charge is 1.99. The molecule has 0 bridgehead atoms. The van der Waals surface area contributed by atoms with Crippen molar-refractivity contribution in [1.29, 1.82) is 0 Å². The molecule has 0 saturated carbocycles. The molecule has 6 nitrogen and oxygen atoms in total. The van der Waals surface area contributed by atoms with Gasteiger partial charge >= 0.3 is 17.9 Å². The number of esters is 2. The van der Waals surface area contributed by atoms with Crippen LogP contribution in [0.15, 0.2) is 73.4 Å². The van der Waals surface area contributed by atoms with Gasteiger partial charge in [-0.3, -0.25) is 0 Å². The number of rotatable bonds is 7. The average molecular weight is 388 g/mol. The van der Waals surface area contributed by atoms with Gasteiger partial charge in [-0.15, -0.1) is 0 Å². The normalized spacial score (nSPS) is 8.96. The number of ether oxygens (including phenoxy) is 2. The molecule has 1 N–H and O–H groups in total. The Morgan fingerprint density at radius 2 is 1.71 bits per heavy atom. The topological polar surface area (TPSA) is 89.9 Å². The van der Waals surface area contributed by atoms with Gasteiger partial charge in [-0.25, -0.2) is 14.4 Å². The molecule has 0 aromatic heterocycles. The second-order valence-corrected chi connectivity index (χ2v) is 5.15. The minimum Gasteiger partial charge on any atom is -0.478 e. The number of carboxylic acids is 1. The molecular formula is C22H28O6. The van der Waals surface area contributed by atoms with Crippen LogP contribution in [0.4, 0.5) is 0 Å². The van der Waals surface area contributed by atoms with Gasteiger partial charge in [-0.05, 0) is 25.8 Å². The van der Waals surface area contributed by atoms with Gasteiger partial charge in [0.05, 0.1) is 13.7 Å². The van der Waals surface area contributed by atoms with E-state index in [2.05, 4.69) is 29.2 Å². The Bertz CT molecular complexity index is 684. The van der Waals surface area contributed by atoms with E-state index in [1.165, 1.54) is 7.11 Å². The van der Waals surface area contributed by atoms with Gasteiger partial charge < -0.3 is 14.6 Å². The highest BCUT2D eigenvalue weighted by molar-refractivity contribution is 5.87. The number of allylic oxidation sites excluding steroid dienone is 1. The molecule has 0 unspecified atom stereocenters. The molecule has 0 aliphatic heterocycles. The van der Waals surface area contributed by atoms with E-state index in [0.717, 1.165) is 11.6 Å². The van der Waals surface area contributed by atoms with Crippen LogP contribution in [0.2, 0.25) is 0 Å². The maximum absolute atomic E-state index is 10.4. The summed E-state index contributed by atoms with van der Waals surface area (Å²) in [5, 5.41) is 8.55. The van der Waals surface area contributed by atoms with Crippen molar-refractivity contribution in [3.8, 4) is 0 Å². The zero-order valence-electron chi connectivity index (χ0n) is 16.6. The summed E-state index contributed by atoms with van der Waals surface area (Å²) in [6.07, 6.45) is 5.20. The summed E-state index contributed by atoms with van der Waals surface area (Å²) >= 11 is 0. The summed E-state index contributed by atoms with van der Waals surface area (Å²) in [4.78, 5) is 30.7. The van der Waals surface area contributed by atoms with E-state index in [4.69, 9.17) is 5.11 Å². The van der Waals surface area contributed by atoms with Crippen LogP contribution >= 0.6 is 0 Å². The molecule has 0 atom stereocenters. The predicted molar refractivity (Wildman–Crippen MR) is 111 cm³/mol. The first-order chi connectivity index (χ1) is 13.2. The lowest BCUT2D eigenvalue weighted by Crippen LogP contribution is -1.98. The first kappa shape index (κ1) is 26.8. The fraction of sp³-hybridized carbons (Fsp3) is 0.227. The van der Waals surface area contributed by atoms with E-state index < -0.39 is 5.97 Å². The second kappa shape index (κ2) is 17.0. The average Bonchev–Trinajstić information content (AvgIpc) is 2.69. The zero-order valence-corrected chi connectivity index (χ0v) is 16.6.